The van der Waals surface area contributed by atoms with Gasteiger partial charge in [0.15, 0.2) is 18.9 Å². The first-order valence-corrected chi connectivity index (χ1v) is 4.87. The van der Waals surface area contributed by atoms with Crippen molar-refractivity contribution in [1.82, 2.24) is 0 Å². The van der Waals surface area contributed by atoms with Crippen LogP contribution in [0.1, 0.15) is 0 Å². The van der Waals surface area contributed by atoms with Gasteiger partial charge in [0.25, 0.3) is 0 Å². The molecular formula is C11H12NO2+. The summed E-state index contributed by atoms with van der Waals surface area (Å²) >= 11 is 0. The van der Waals surface area contributed by atoms with Crippen LogP contribution < -0.4 is 4.74 Å². The number of benzene rings is 1. The molecule has 2 heterocycles. The molecule has 0 atom stereocenters. The molecule has 0 aromatic heterocycles. The Labute approximate surface area is 82.6 Å². The van der Waals surface area contributed by atoms with E-state index >= 15 is 0 Å². The van der Waals surface area contributed by atoms with Gasteiger partial charge in [0.2, 0.25) is 11.4 Å². The van der Waals surface area contributed by atoms with Crippen molar-refractivity contribution in [3.8, 4) is 5.75 Å². The Kier molecular flexibility index (Phi) is 1.77. The van der Waals surface area contributed by atoms with Gasteiger partial charge in [-0.1, -0.05) is 12.1 Å². The van der Waals surface area contributed by atoms with Crippen molar-refractivity contribution in [3.63, 3.8) is 0 Å². The SMILES string of the molecule is c1ccc2c(c1)OCC1=[N+]2CCOC1. The molecule has 0 spiro atoms. The summed E-state index contributed by atoms with van der Waals surface area (Å²) in [6, 6.07) is 8.16. The van der Waals surface area contributed by atoms with E-state index in [1.54, 1.807) is 0 Å². The van der Waals surface area contributed by atoms with Crippen LogP contribution >= 0.6 is 0 Å². The predicted octanol–water partition coefficient (Wildman–Crippen LogP) is 1.19. The fourth-order valence-electron chi connectivity index (χ4n) is 1.96. The van der Waals surface area contributed by atoms with Crippen molar-refractivity contribution >= 4 is 11.4 Å². The van der Waals surface area contributed by atoms with Crippen molar-refractivity contribution < 1.29 is 14.0 Å². The normalized spacial score (nSPS) is 19.7. The van der Waals surface area contributed by atoms with E-state index in [1.165, 1.54) is 11.4 Å². The first-order valence-electron chi connectivity index (χ1n) is 4.87. The molecule has 0 bridgehead atoms. The number of nitrogens with zero attached hydrogens (tertiary/aromatic N) is 1. The van der Waals surface area contributed by atoms with Gasteiger partial charge >= 0.3 is 0 Å². The highest BCUT2D eigenvalue weighted by Gasteiger charge is 2.29. The first kappa shape index (κ1) is 8.00. The third kappa shape index (κ3) is 1.13. The van der Waals surface area contributed by atoms with Gasteiger partial charge < -0.3 is 9.47 Å². The highest BCUT2D eigenvalue weighted by Crippen LogP contribution is 2.30. The molecule has 0 radical (unpaired) electrons. The zero-order valence-corrected chi connectivity index (χ0v) is 7.90. The second-order valence-electron chi connectivity index (χ2n) is 3.53. The molecule has 3 rings (SSSR count). The molecule has 14 heavy (non-hydrogen) atoms. The number of fused-ring (bicyclic) bond motifs is 2. The topological polar surface area (TPSA) is 21.5 Å². The minimum Gasteiger partial charge on any atom is -0.476 e. The van der Waals surface area contributed by atoms with Crippen LogP contribution in [0.3, 0.4) is 0 Å². The first-order chi connectivity index (χ1) is 6.95. The summed E-state index contributed by atoms with van der Waals surface area (Å²) in [5.41, 5.74) is 2.41. The molecule has 1 aromatic rings. The third-order valence-electron chi connectivity index (χ3n) is 2.66. The fraction of sp³-hybridized carbons (Fsp3) is 0.364. The lowest BCUT2D eigenvalue weighted by atomic mass is 10.2. The molecule has 0 fully saturated rings. The zero-order valence-electron chi connectivity index (χ0n) is 7.90. The lowest BCUT2D eigenvalue weighted by Crippen LogP contribution is -2.37. The summed E-state index contributed by atoms with van der Waals surface area (Å²) < 4.78 is 13.3. The Morgan fingerprint density at radius 1 is 1.14 bits per heavy atom. The van der Waals surface area contributed by atoms with Gasteiger partial charge in [0.1, 0.15) is 13.2 Å². The van der Waals surface area contributed by atoms with Crippen LogP contribution in [0.2, 0.25) is 0 Å². The van der Waals surface area contributed by atoms with Gasteiger partial charge in [-0.05, 0) is 6.07 Å². The van der Waals surface area contributed by atoms with Crippen LogP contribution in [-0.2, 0) is 4.74 Å². The van der Waals surface area contributed by atoms with Crippen LogP contribution in [0, 0.1) is 0 Å². The summed E-state index contributed by atoms with van der Waals surface area (Å²) in [5.74, 6) is 0.984. The minimum absolute atomic E-state index is 0.664. The minimum atomic E-state index is 0.664. The van der Waals surface area contributed by atoms with Gasteiger partial charge in [0.05, 0.1) is 0 Å². The molecule has 0 N–H and O–H groups in total. The molecule has 2 aliphatic heterocycles. The average Bonchev–Trinajstić information content (AvgIpc) is 2.29. The summed E-state index contributed by atoms with van der Waals surface area (Å²) in [4.78, 5) is 0. The summed E-state index contributed by atoms with van der Waals surface area (Å²) in [5, 5.41) is 0. The van der Waals surface area contributed by atoms with E-state index in [-0.39, 0.29) is 0 Å². The largest absolute Gasteiger partial charge is 0.476 e. The second kappa shape index (κ2) is 3.10. The maximum atomic E-state index is 5.63. The summed E-state index contributed by atoms with van der Waals surface area (Å²) in [7, 11) is 0. The number of hydrogen-bond donors (Lipinski definition) is 0. The van der Waals surface area contributed by atoms with Crippen LogP contribution in [0.25, 0.3) is 0 Å². The number of hydrogen-bond acceptors (Lipinski definition) is 2. The molecular weight excluding hydrogens is 178 g/mol. The maximum absolute atomic E-state index is 5.63. The van der Waals surface area contributed by atoms with Crippen molar-refractivity contribution in [2.75, 3.05) is 26.4 Å². The van der Waals surface area contributed by atoms with Gasteiger partial charge in [0, 0.05) is 6.07 Å². The van der Waals surface area contributed by atoms with Crippen molar-refractivity contribution in [3.05, 3.63) is 24.3 Å². The summed E-state index contributed by atoms with van der Waals surface area (Å²) in [6.07, 6.45) is 0. The molecule has 72 valence electrons. The maximum Gasteiger partial charge on any atom is 0.247 e. The predicted molar refractivity (Wildman–Crippen MR) is 52.6 cm³/mol. The van der Waals surface area contributed by atoms with E-state index in [1.807, 2.05) is 18.2 Å². The lowest BCUT2D eigenvalue weighted by molar-refractivity contribution is -0.461. The standard InChI is InChI=1S/C11H12NO2/c1-2-4-11-10(3-1)12-5-6-13-7-9(12)8-14-11/h1-4H,5-8H2/q+1. The Bertz CT molecular complexity index is 398. The molecule has 1 aromatic carbocycles. The van der Waals surface area contributed by atoms with Gasteiger partial charge in [-0.3, -0.25) is 0 Å². The van der Waals surface area contributed by atoms with Crippen LogP contribution in [-0.4, -0.2) is 36.7 Å². The van der Waals surface area contributed by atoms with E-state index in [2.05, 4.69) is 10.6 Å². The van der Waals surface area contributed by atoms with Crippen molar-refractivity contribution in [2.24, 2.45) is 0 Å². The van der Waals surface area contributed by atoms with Crippen LogP contribution in [0.15, 0.2) is 24.3 Å². The molecule has 0 saturated carbocycles. The Morgan fingerprint density at radius 3 is 3.07 bits per heavy atom. The summed E-state index contributed by atoms with van der Waals surface area (Å²) in [6.45, 7) is 3.11. The van der Waals surface area contributed by atoms with Crippen molar-refractivity contribution in [1.29, 1.82) is 0 Å². The Hall–Kier alpha value is -1.35. The highest BCUT2D eigenvalue weighted by molar-refractivity contribution is 5.85. The molecule has 3 nitrogen and oxygen atoms in total. The van der Waals surface area contributed by atoms with Crippen LogP contribution in [0.4, 0.5) is 5.69 Å². The number of ether oxygens (including phenoxy) is 2. The zero-order chi connectivity index (χ0) is 9.38. The second-order valence-corrected chi connectivity index (χ2v) is 3.53. The molecule has 2 aliphatic rings. The van der Waals surface area contributed by atoms with E-state index in [0.717, 1.165) is 18.9 Å². The molecule has 0 amide bonds. The monoisotopic (exact) mass is 190 g/mol. The molecule has 0 saturated heterocycles. The van der Waals surface area contributed by atoms with E-state index in [0.29, 0.717) is 13.2 Å². The van der Waals surface area contributed by atoms with Gasteiger partial charge in [-0.15, -0.1) is 0 Å². The lowest BCUT2D eigenvalue weighted by Gasteiger charge is -2.21. The Morgan fingerprint density at radius 2 is 2.07 bits per heavy atom. The van der Waals surface area contributed by atoms with Crippen LogP contribution in [0.5, 0.6) is 5.75 Å². The third-order valence-corrected chi connectivity index (χ3v) is 2.66. The fourth-order valence-corrected chi connectivity index (χ4v) is 1.96. The smallest absolute Gasteiger partial charge is 0.247 e. The van der Waals surface area contributed by atoms with Gasteiger partial charge in [-0.25, -0.2) is 0 Å². The molecule has 0 aliphatic carbocycles. The molecule has 3 heteroatoms. The van der Waals surface area contributed by atoms with Crippen molar-refractivity contribution in [2.45, 2.75) is 0 Å². The van der Waals surface area contributed by atoms with Gasteiger partial charge in [-0.2, -0.15) is 4.58 Å². The Balaban J connectivity index is 2.13. The average molecular weight is 190 g/mol. The quantitative estimate of drug-likeness (QED) is 0.573. The van der Waals surface area contributed by atoms with E-state index in [4.69, 9.17) is 9.47 Å². The number of rotatable bonds is 0. The van der Waals surface area contributed by atoms with E-state index in [9.17, 15) is 0 Å². The van der Waals surface area contributed by atoms with E-state index < -0.39 is 0 Å². The highest BCUT2D eigenvalue weighted by atomic mass is 16.5. The molecule has 0 unspecified atom stereocenters. The number of para-hydroxylation sites is 2.